The SMILES string of the molecule is CC(=O)NC1C(O)[C@@H](O)C(CO)O[C@@H]1OC1C(NC(C)=O)[C@H](OC2C(O)[C@@H](O[C@H]3C(CO)O[C@@H](O[C@@H]4C(CO)O[C@@H](O)C(O)C4O)C(O)C3O)OC(CO)[C@@H]2O)OC(CO)[C@@H]1O. The van der Waals surface area contributed by atoms with Gasteiger partial charge in [-0.2, -0.15) is 0 Å². The van der Waals surface area contributed by atoms with E-state index in [1.54, 1.807) is 0 Å². The number of aliphatic hydroxyl groups is 15. The molecule has 5 heterocycles. The van der Waals surface area contributed by atoms with Crippen molar-refractivity contribution in [2.24, 2.45) is 0 Å². The van der Waals surface area contributed by atoms with Crippen molar-refractivity contribution in [2.75, 3.05) is 33.0 Å². The topological polar surface area (TPSA) is 445 Å². The summed E-state index contributed by atoms with van der Waals surface area (Å²) < 4.78 is 50.8. The highest BCUT2D eigenvalue weighted by molar-refractivity contribution is 5.73. The third-order valence-corrected chi connectivity index (χ3v) is 11.1. The van der Waals surface area contributed by atoms with Gasteiger partial charge in [0.2, 0.25) is 11.8 Å². The van der Waals surface area contributed by atoms with Gasteiger partial charge in [0.25, 0.3) is 0 Å². The lowest BCUT2D eigenvalue weighted by atomic mass is 9.93. The molecule has 0 aromatic carbocycles. The molecule has 360 valence electrons. The molecule has 0 bridgehead atoms. The second kappa shape index (κ2) is 22.0. The van der Waals surface area contributed by atoms with Crippen molar-refractivity contribution in [3.63, 3.8) is 0 Å². The van der Waals surface area contributed by atoms with Crippen molar-refractivity contribution in [2.45, 2.75) is 167 Å². The van der Waals surface area contributed by atoms with Crippen LogP contribution in [-0.4, -0.2) is 275 Å². The fraction of sp³-hybridized carbons (Fsp3) is 0.941. The molecule has 0 aromatic rings. The molecule has 5 saturated heterocycles. The van der Waals surface area contributed by atoms with Crippen LogP contribution in [0, 0.1) is 0 Å². The standard InChI is InChI=1S/C34H58N2O26/c1-8(42)35-15-20(47)17(44)10(3-37)55-31(15)61-28-16(36-9(2)43)32(56-11(4-38)18(28)45)62-29-19(46)12(5-39)57-34(25(29)52)60-27-14(7-41)58-33(24(51)22(27)49)59-26-13(6-40)54-30(53)23(50)21(26)48/h10-34,37-41,44-53H,3-7H2,1-2H3,(H,35,42)(H,36,43)/t10?,11?,12?,13?,14?,15?,16?,17-,18-,19-,20?,21?,22?,23?,24?,25?,26+,27-,28?,29?,30+,31+,32-,33-,34+/m0/s1. The number of aliphatic hydroxyl groups excluding tert-OH is 15. The zero-order chi connectivity index (χ0) is 45.9. The summed E-state index contributed by atoms with van der Waals surface area (Å²) in [6.07, 6.45) is -42.3. The van der Waals surface area contributed by atoms with Crippen LogP contribution in [0.1, 0.15) is 13.8 Å². The van der Waals surface area contributed by atoms with Gasteiger partial charge in [-0.25, -0.2) is 0 Å². The summed E-state index contributed by atoms with van der Waals surface area (Å²) in [4.78, 5) is 24.6. The number of carbonyl (C=O) groups excluding carboxylic acids is 2. The molecule has 0 saturated carbocycles. The average Bonchev–Trinajstić information content (AvgIpc) is 3.23. The maximum atomic E-state index is 12.6. The van der Waals surface area contributed by atoms with Gasteiger partial charge in [-0.05, 0) is 0 Å². The van der Waals surface area contributed by atoms with E-state index in [0.29, 0.717) is 0 Å². The Bertz CT molecular complexity index is 1440. The van der Waals surface area contributed by atoms with E-state index in [2.05, 4.69) is 10.6 Å². The maximum absolute atomic E-state index is 12.6. The van der Waals surface area contributed by atoms with Crippen molar-refractivity contribution in [1.29, 1.82) is 0 Å². The van der Waals surface area contributed by atoms with Gasteiger partial charge < -0.3 is 130 Å². The van der Waals surface area contributed by atoms with Gasteiger partial charge >= 0.3 is 0 Å². The minimum atomic E-state index is -2.16. The van der Waals surface area contributed by atoms with Crippen LogP contribution in [0.2, 0.25) is 0 Å². The molecule has 0 radical (unpaired) electrons. The lowest BCUT2D eigenvalue weighted by Gasteiger charge is -2.50. The van der Waals surface area contributed by atoms with E-state index < -0.39 is 198 Å². The summed E-state index contributed by atoms with van der Waals surface area (Å²) in [5, 5.41) is 163. The zero-order valence-corrected chi connectivity index (χ0v) is 33.2. The van der Waals surface area contributed by atoms with E-state index in [1.165, 1.54) is 0 Å². The number of ether oxygens (including phenoxy) is 9. The molecule has 28 heteroatoms. The van der Waals surface area contributed by atoms with Crippen molar-refractivity contribution < 1.29 is 129 Å². The van der Waals surface area contributed by atoms with Gasteiger partial charge in [0.1, 0.15) is 122 Å². The number of hydrogen-bond acceptors (Lipinski definition) is 26. The van der Waals surface area contributed by atoms with Crippen LogP contribution < -0.4 is 10.6 Å². The summed E-state index contributed by atoms with van der Waals surface area (Å²) >= 11 is 0. The first-order chi connectivity index (χ1) is 29.3. The van der Waals surface area contributed by atoms with Gasteiger partial charge in [0, 0.05) is 13.8 Å². The summed E-state index contributed by atoms with van der Waals surface area (Å²) in [7, 11) is 0. The van der Waals surface area contributed by atoms with Crippen LogP contribution in [0.3, 0.4) is 0 Å². The van der Waals surface area contributed by atoms with Gasteiger partial charge in [-0.15, -0.1) is 0 Å². The molecular formula is C34H58N2O26. The highest BCUT2D eigenvalue weighted by Crippen LogP contribution is 2.36. The number of rotatable bonds is 15. The molecule has 62 heavy (non-hydrogen) atoms. The monoisotopic (exact) mass is 910 g/mol. The predicted octanol–water partition coefficient (Wildman–Crippen LogP) is -11.6. The van der Waals surface area contributed by atoms with Crippen LogP contribution in [-0.2, 0) is 52.2 Å². The number of amides is 2. The first kappa shape index (κ1) is 51.0. The highest BCUT2D eigenvalue weighted by Gasteiger charge is 2.57. The van der Waals surface area contributed by atoms with Crippen LogP contribution >= 0.6 is 0 Å². The third kappa shape index (κ3) is 10.8. The van der Waals surface area contributed by atoms with Crippen LogP contribution in [0.25, 0.3) is 0 Å². The first-order valence-electron chi connectivity index (χ1n) is 19.6. The van der Waals surface area contributed by atoms with E-state index in [9.17, 15) is 86.2 Å². The lowest BCUT2D eigenvalue weighted by molar-refractivity contribution is -0.387. The Morgan fingerprint density at radius 1 is 0.387 bits per heavy atom. The average molecular weight is 911 g/mol. The maximum Gasteiger partial charge on any atom is 0.217 e. The highest BCUT2D eigenvalue weighted by atomic mass is 16.8. The molecule has 5 rings (SSSR count). The molecule has 17 N–H and O–H groups in total. The Morgan fingerprint density at radius 2 is 0.758 bits per heavy atom. The van der Waals surface area contributed by atoms with Crippen molar-refractivity contribution in [3.05, 3.63) is 0 Å². The summed E-state index contributed by atoms with van der Waals surface area (Å²) in [6.45, 7) is -2.53. The molecular weight excluding hydrogens is 852 g/mol. The van der Waals surface area contributed by atoms with Crippen molar-refractivity contribution in [1.82, 2.24) is 10.6 Å². The molecule has 0 aromatic heterocycles. The smallest absolute Gasteiger partial charge is 0.217 e. The summed E-state index contributed by atoms with van der Waals surface area (Å²) in [6, 6.07) is -3.23. The second-order valence-corrected chi connectivity index (χ2v) is 15.4. The van der Waals surface area contributed by atoms with Gasteiger partial charge in [-0.1, -0.05) is 0 Å². The van der Waals surface area contributed by atoms with E-state index in [0.717, 1.165) is 13.8 Å². The van der Waals surface area contributed by atoms with E-state index >= 15 is 0 Å². The summed E-state index contributed by atoms with van der Waals surface area (Å²) in [5.74, 6) is -1.54. The molecule has 0 aliphatic carbocycles. The van der Waals surface area contributed by atoms with E-state index in [1.807, 2.05) is 0 Å². The fourth-order valence-electron chi connectivity index (χ4n) is 7.83. The molecule has 5 aliphatic heterocycles. The Labute approximate surface area is 351 Å². The molecule has 28 nitrogen and oxygen atoms in total. The molecule has 0 spiro atoms. The predicted molar refractivity (Wildman–Crippen MR) is 190 cm³/mol. The largest absolute Gasteiger partial charge is 0.394 e. The van der Waals surface area contributed by atoms with Gasteiger partial charge in [0.05, 0.1) is 33.0 Å². The van der Waals surface area contributed by atoms with Crippen LogP contribution in [0.5, 0.6) is 0 Å². The van der Waals surface area contributed by atoms with Crippen molar-refractivity contribution >= 4 is 11.8 Å². The quantitative estimate of drug-likeness (QED) is 0.0725. The van der Waals surface area contributed by atoms with Gasteiger partial charge in [0.15, 0.2) is 31.5 Å². The van der Waals surface area contributed by atoms with Crippen molar-refractivity contribution in [3.8, 4) is 0 Å². The Morgan fingerprint density at radius 3 is 1.27 bits per heavy atom. The number of carbonyl (C=O) groups is 2. The van der Waals surface area contributed by atoms with E-state index in [4.69, 9.17) is 42.6 Å². The number of hydrogen-bond donors (Lipinski definition) is 17. The first-order valence-corrected chi connectivity index (χ1v) is 19.6. The van der Waals surface area contributed by atoms with E-state index in [-0.39, 0.29) is 0 Å². The second-order valence-electron chi connectivity index (χ2n) is 15.4. The Hall–Kier alpha value is -2.02. The summed E-state index contributed by atoms with van der Waals surface area (Å²) in [5.41, 5.74) is 0. The fourth-order valence-corrected chi connectivity index (χ4v) is 7.83. The minimum Gasteiger partial charge on any atom is -0.394 e. The van der Waals surface area contributed by atoms with Crippen LogP contribution in [0.15, 0.2) is 0 Å². The zero-order valence-electron chi connectivity index (χ0n) is 33.2. The third-order valence-electron chi connectivity index (χ3n) is 11.1. The molecule has 5 fully saturated rings. The Balaban J connectivity index is 1.38. The molecule has 25 atom stereocenters. The van der Waals surface area contributed by atoms with Crippen LogP contribution in [0.4, 0.5) is 0 Å². The Kier molecular flexibility index (Phi) is 18.1. The normalized spacial score (nSPS) is 49.0. The van der Waals surface area contributed by atoms with Gasteiger partial charge in [-0.3, -0.25) is 9.59 Å². The molecule has 5 aliphatic rings. The number of nitrogens with one attached hydrogen (secondary N) is 2. The molecule has 2 amide bonds. The minimum absolute atomic E-state index is 0.730. The molecule has 15 unspecified atom stereocenters. The lowest BCUT2D eigenvalue weighted by Crippen LogP contribution is -2.71.